The molecule has 7 heteroatoms. The smallest absolute Gasteiger partial charge is 0.336 e. The van der Waals surface area contributed by atoms with Crippen LogP contribution < -0.4 is 14.8 Å². The molecule has 0 amide bonds. The quantitative estimate of drug-likeness (QED) is 0.538. The van der Waals surface area contributed by atoms with Gasteiger partial charge in [-0.25, -0.2) is 4.79 Å². The first-order valence-corrected chi connectivity index (χ1v) is 11.6. The summed E-state index contributed by atoms with van der Waals surface area (Å²) in [5.74, 6) is 0.491. The number of nitrogens with one attached hydrogen (secondary N) is 1. The van der Waals surface area contributed by atoms with Crippen molar-refractivity contribution in [1.82, 2.24) is 5.32 Å². The molecular formula is C26H26BrNO5. The fourth-order valence-corrected chi connectivity index (χ4v) is 4.90. The Morgan fingerprint density at radius 2 is 1.91 bits per heavy atom. The highest BCUT2D eigenvalue weighted by Gasteiger charge is 2.39. The Kier molecular flexibility index (Phi) is 6.88. The van der Waals surface area contributed by atoms with Crippen molar-refractivity contribution >= 4 is 27.7 Å². The van der Waals surface area contributed by atoms with Crippen LogP contribution in [0, 0.1) is 0 Å². The minimum Gasteiger partial charge on any atom is -0.496 e. The number of methoxy groups -OCH3 is 2. The van der Waals surface area contributed by atoms with Gasteiger partial charge in [0.05, 0.1) is 24.3 Å². The fraction of sp³-hybridized carbons (Fsp3) is 0.308. The summed E-state index contributed by atoms with van der Waals surface area (Å²) >= 11 is 3.50. The number of carbonyl (C=O) groups is 2. The number of ether oxygens (including phenoxy) is 3. The predicted octanol–water partition coefficient (Wildman–Crippen LogP) is 5.18. The molecule has 1 aliphatic carbocycles. The van der Waals surface area contributed by atoms with Crippen molar-refractivity contribution in [1.29, 1.82) is 0 Å². The number of ketones is 1. The van der Waals surface area contributed by atoms with Crippen LogP contribution in [0.3, 0.4) is 0 Å². The standard InChI is InChI=1S/C26H26BrNO5/c1-15-23(26(30)32-3)24(25-19(28-15)8-6-9-20(25)29)16-11-12-21(31-2)17(13-16)14-33-22-10-5-4-7-18(22)27/h4-5,7,10-13,24,28H,6,8-9,14H2,1-3H3/t24-/m0/s1. The van der Waals surface area contributed by atoms with Gasteiger partial charge in [-0.3, -0.25) is 4.79 Å². The lowest BCUT2D eigenvalue weighted by Crippen LogP contribution is -2.34. The molecule has 2 aromatic rings. The summed E-state index contributed by atoms with van der Waals surface area (Å²) < 4.78 is 17.5. The van der Waals surface area contributed by atoms with Gasteiger partial charge in [-0.1, -0.05) is 18.2 Å². The molecule has 2 aliphatic rings. The Hall–Kier alpha value is -3.06. The molecule has 0 radical (unpaired) electrons. The zero-order valence-electron chi connectivity index (χ0n) is 18.9. The average Bonchev–Trinajstić information content (AvgIpc) is 2.82. The molecule has 33 heavy (non-hydrogen) atoms. The summed E-state index contributed by atoms with van der Waals surface area (Å²) in [5.41, 5.74) is 4.34. The number of esters is 1. The van der Waals surface area contributed by atoms with E-state index in [-0.39, 0.29) is 12.4 Å². The molecule has 0 saturated heterocycles. The van der Waals surface area contributed by atoms with Crippen molar-refractivity contribution in [2.75, 3.05) is 14.2 Å². The largest absolute Gasteiger partial charge is 0.496 e. The van der Waals surface area contributed by atoms with Crippen molar-refractivity contribution in [2.24, 2.45) is 0 Å². The Labute approximate surface area is 201 Å². The minimum atomic E-state index is -0.505. The summed E-state index contributed by atoms with van der Waals surface area (Å²) in [6.07, 6.45) is 2.04. The van der Waals surface area contributed by atoms with Crippen molar-refractivity contribution in [2.45, 2.75) is 38.7 Å². The highest BCUT2D eigenvalue weighted by molar-refractivity contribution is 9.10. The van der Waals surface area contributed by atoms with Crippen molar-refractivity contribution < 1.29 is 23.8 Å². The molecule has 1 aliphatic heterocycles. The molecule has 0 saturated carbocycles. The van der Waals surface area contributed by atoms with Crippen LogP contribution in [-0.2, 0) is 20.9 Å². The zero-order valence-corrected chi connectivity index (χ0v) is 20.5. The molecule has 0 spiro atoms. The first kappa shape index (κ1) is 23.1. The fourth-order valence-electron chi connectivity index (χ4n) is 4.51. The molecular weight excluding hydrogens is 486 g/mol. The van der Waals surface area contributed by atoms with E-state index >= 15 is 0 Å². The number of Topliss-reactive ketones (excluding diaryl/α,β-unsaturated/α-hetero) is 1. The Morgan fingerprint density at radius 3 is 2.64 bits per heavy atom. The van der Waals surface area contributed by atoms with Gasteiger partial charge >= 0.3 is 5.97 Å². The van der Waals surface area contributed by atoms with Gasteiger partial charge in [-0.15, -0.1) is 0 Å². The molecule has 1 N–H and O–H groups in total. The third-order valence-corrected chi connectivity index (χ3v) is 6.69. The first-order chi connectivity index (χ1) is 15.9. The predicted molar refractivity (Wildman–Crippen MR) is 128 cm³/mol. The van der Waals surface area contributed by atoms with Crippen LogP contribution in [0.4, 0.5) is 0 Å². The Bertz CT molecular complexity index is 1170. The van der Waals surface area contributed by atoms with E-state index in [9.17, 15) is 9.59 Å². The molecule has 1 atom stereocenters. The van der Waals surface area contributed by atoms with E-state index in [2.05, 4.69) is 21.2 Å². The van der Waals surface area contributed by atoms with Crippen LogP contribution >= 0.6 is 15.9 Å². The van der Waals surface area contributed by atoms with Gasteiger partial charge in [0.15, 0.2) is 5.78 Å². The maximum atomic E-state index is 13.0. The van der Waals surface area contributed by atoms with E-state index in [0.29, 0.717) is 34.8 Å². The average molecular weight is 512 g/mol. The number of benzene rings is 2. The molecule has 4 rings (SSSR count). The summed E-state index contributed by atoms with van der Waals surface area (Å²) in [4.78, 5) is 25.8. The van der Waals surface area contributed by atoms with Crippen LogP contribution in [0.5, 0.6) is 11.5 Å². The number of rotatable bonds is 6. The second-order valence-corrected chi connectivity index (χ2v) is 8.90. The molecule has 0 unspecified atom stereocenters. The van der Waals surface area contributed by atoms with Gasteiger partial charge in [0.2, 0.25) is 0 Å². The summed E-state index contributed by atoms with van der Waals surface area (Å²) in [7, 11) is 2.97. The number of allylic oxidation sites excluding steroid dienone is 3. The van der Waals surface area contributed by atoms with E-state index in [0.717, 1.165) is 34.1 Å². The number of hydrogen-bond donors (Lipinski definition) is 1. The highest BCUT2D eigenvalue weighted by atomic mass is 79.9. The number of halogens is 1. The number of dihydropyridines is 1. The third-order valence-electron chi connectivity index (χ3n) is 6.04. The lowest BCUT2D eigenvalue weighted by molar-refractivity contribution is -0.136. The van der Waals surface area contributed by atoms with Crippen LogP contribution in [0.15, 0.2) is 69.5 Å². The zero-order chi connectivity index (χ0) is 23.5. The minimum absolute atomic E-state index is 0.0597. The molecule has 0 fully saturated rings. The summed E-state index contributed by atoms with van der Waals surface area (Å²) in [6.45, 7) is 2.11. The molecule has 6 nitrogen and oxygen atoms in total. The normalized spacial score (nSPS) is 17.9. The van der Waals surface area contributed by atoms with Gasteiger partial charge in [0.1, 0.15) is 18.1 Å². The Balaban J connectivity index is 1.77. The number of hydrogen-bond acceptors (Lipinski definition) is 6. The van der Waals surface area contributed by atoms with Gasteiger partial charge in [0, 0.05) is 34.9 Å². The maximum absolute atomic E-state index is 13.0. The van der Waals surface area contributed by atoms with Gasteiger partial charge in [-0.05, 0) is 65.5 Å². The Morgan fingerprint density at radius 1 is 1.12 bits per heavy atom. The molecule has 0 bridgehead atoms. The van der Waals surface area contributed by atoms with Crippen molar-refractivity contribution in [3.05, 3.63) is 80.6 Å². The van der Waals surface area contributed by atoms with Gasteiger partial charge in [-0.2, -0.15) is 0 Å². The van der Waals surface area contributed by atoms with E-state index in [1.54, 1.807) is 7.11 Å². The summed E-state index contributed by atoms with van der Waals surface area (Å²) in [5, 5.41) is 3.29. The van der Waals surface area contributed by atoms with Gasteiger partial charge < -0.3 is 19.5 Å². The van der Waals surface area contributed by atoms with Crippen molar-refractivity contribution in [3.8, 4) is 11.5 Å². The van der Waals surface area contributed by atoms with Crippen molar-refractivity contribution in [3.63, 3.8) is 0 Å². The van der Waals surface area contributed by atoms with E-state index in [4.69, 9.17) is 14.2 Å². The van der Waals surface area contributed by atoms with Gasteiger partial charge in [0.25, 0.3) is 0 Å². The second-order valence-electron chi connectivity index (χ2n) is 8.05. The number of carbonyl (C=O) groups excluding carboxylic acids is 2. The molecule has 1 heterocycles. The summed E-state index contributed by atoms with van der Waals surface area (Å²) in [6, 6.07) is 13.3. The lowest BCUT2D eigenvalue weighted by atomic mass is 9.75. The van der Waals surface area contributed by atoms with Crippen LogP contribution in [-0.4, -0.2) is 26.0 Å². The van der Waals surface area contributed by atoms with E-state index in [1.807, 2.05) is 49.4 Å². The SMILES string of the molecule is COC(=O)C1=C(C)NC2=C(C(=O)CCC2)[C@H]1c1ccc(OC)c(COc2ccccc2Br)c1. The molecule has 0 aromatic heterocycles. The lowest BCUT2D eigenvalue weighted by Gasteiger charge is -2.34. The second kappa shape index (κ2) is 9.83. The van der Waals surface area contributed by atoms with Crippen LogP contribution in [0.2, 0.25) is 0 Å². The molecule has 2 aromatic carbocycles. The highest BCUT2D eigenvalue weighted by Crippen LogP contribution is 2.43. The number of para-hydroxylation sites is 1. The topological polar surface area (TPSA) is 73.9 Å². The third kappa shape index (κ3) is 4.55. The van der Waals surface area contributed by atoms with E-state index in [1.165, 1.54) is 7.11 Å². The first-order valence-electron chi connectivity index (χ1n) is 10.8. The van der Waals surface area contributed by atoms with E-state index < -0.39 is 11.9 Å². The van der Waals surface area contributed by atoms with Crippen LogP contribution in [0.25, 0.3) is 0 Å². The monoisotopic (exact) mass is 511 g/mol. The maximum Gasteiger partial charge on any atom is 0.336 e. The van der Waals surface area contributed by atoms with Crippen LogP contribution in [0.1, 0.15) is 43.2 Å². The molecule has 172 valence electrons.